The number of nitrogens with one attached hydrogen (secondary N) is 1. The molecular formula is C15H22NO. The van der Waals surface area contributed by atoms with Crippen LogP contribution >= 0.6 is 0 Å². The minimum Gasteiger partial charge on any atom is -0.494 e. The fourth-order valence-corrected chi connectivity index (χ4v) is 2.25. The summed E-state index contributed by atoms with van der Waals surface area (Å²) in [6, 6.07) is 6.74. The zero-order chi connectivity index (χ0) is 12.1. The van der Waals surface area contributed by atoms with E-state index in [0.717, 1.165) is 24.3 Å². The van der Waals surface area contributed by atoms with Gasteiger partial charge in [-0.1, -0.05) is 12.5 Å². The summed E-state index contributed by atoms with van der Waals surface area (Å²) in [5.41, 5.74) is 2.27. The molecule has 2 rings (SSSR count). The summed E-state index contributed by atoms with van der Waals surface area (Å²) in [4.78, 5) is 0. The van der Waals surface area contributed by atoms with Crippen molar-refractivity contribution in [3.05, 3.63) is 36.2 Å². The van der Waals surface area contributed by atoms with E-state index in [0.29, 0.717) is 6.04 Å². The van der Waals surface area contributed by atoms with Gasteiger partial charge in [0, 0.05) is 6.04 Å². The van der Waals surface area contributed by atoms with E-state index >= 15 is 0 Å². The lowest BCUT2D eigenvalue weighted by atomic mass is 10.0. The van der Waals surface area contributed by atoms with Gasteiger partial charge in [-0.2, -0.15) is 0 Å². The lowest BCUT2D eigenvalue weighted by Crippen LogP contribution is -2.35. The van der Waals surface area contributed by atoms with Crippen molar-refractivity contribution in [1.82, 2.24) is 5.32 Å². The highest BCUT2D eigenvalue weighted by Gasteiger charge is 2.11. The minimum atomic E-state index is 0.650. The Labute approximate surface area is 104 Å². The molecule has 1 atom stereocenters. The van der Waals surface area contributed by atoms with Crippen molar-refractivity contribution in [2.75, 3.05) is 13.2 Å². The Morgan fingerprint density at radius 3 is 3.00 bits per heavy atom. The van der Waals surface area contributed by atoms with Crippen molar-refractivity contribution in [2.45, 2.75) is 38.6 Å². The zero-order valence-corrected chi connectivity index (χ0v) is 10.7. The van der Waals surface area contributed by atoms with Crippen LogP contribution in [-0.4, -0.2) is 19.2 Å². The second-order valence-corrected chi connectivity index (χ2v) is 4.87. The lowest BCUT2D eigenvalue weighted by Gasteiger charge is -2.23. The average Bonchev–Trinajstić information content (AvgIpc) is 2.35. The molecule has 0 bridgehead atoms. The molecule has 1 saturated heterocycles. The molecule has 1 unspecified atom stereocenters. The normalized spacial score (nSPS) is 20.2. The highest BCUT2D eigenvalue weighted by atomic mass is 16.5. The molecule has 1 aromatic carbocycles. The number of aryl methyl sites for hydroxylation is 1. The van der Waals surface area contributed by atoms with Crippen molar-refractivity contribution < 1.29 is 4.74 Å². The van der Waals surface area contributed by atoms with Gasteiger partial charge in [0.05, 0.1) is 6.61 Å². The molecule has 0 aromatic heterocycles. The molecule has 0 aliphatic carbocycles. The van der Waals surface area contributed by atoms with E-state index < -0.39 is 0 Å². The van der Waals surface area contributed by atoms with Gasteiger partial charge in [-0.25, -0.2) is 0 Å². The van der Waals surface area contributed by atoms with Gasteiger partial charge in [-0.05, 0) is 62.9 Å². The molecule has 1 heterocycles. The van der Waals surface area contributed by atoms with Crippen LogP contribution in [0.4, 0.5) is 0 Å². The quantitative estimate of drug-likeness (QED) is 0.861. The van der Waals surface area contributed by atoms with Gasteiger partial charge in [0.25, 0.3) is 0 Å². The maximum Gasteiger partial charge on any atom is 0.119 e. The van der Waals surface area contributed by atoms with Crippen LogP contribution in [0.25, 0.3) is 0 Å². The third-order valence-corrected chi connectivity index (χ3v) is 3.46. The summed E-state index contributed by atoms with van der Waals surface area (Å²) in [6.45, 7) is 7.98. The monoisotopic (exact) mass is 232 g/mol. The number of piperidine rings is 1. The number of ether oxygens (including phenoxy) is 1. The molecular weight excluding hydrogens is 210 g/mol. The van der Waals surface area contributed by atoms with Crippen molar-refractivity contribution >= 4 is 0 Å². The lowest BCUT2D eigenvalue weighted by molar-refractivity contribution is 0.268. The predicted molar refractivity (Wildman–Crippen MR) is 71.4 cm³/mol. The van der Waals surface area contributed by atoms with Gasteiger partial charge in [0.1, 0.15) is 5.75 Å². The zero-order valence-electron chi connectivity index (χ0n) is 10.7. The first kappa shape index (κ1) is 12.4. The molecule has 2 nitrogen and oxygen atoms in total. The van der Waals surface area contributed by atoms with E-state index in [-0.39, 0.29) is 0 Å². The van der Waals surface area contributed by atoms with Gasteiger partial charge in [0.15, 0.2) is 0 Å². The molecule has 1 radical (unpaired) electrons. The molecule has 1 fully saturated rings. The Kier molecular flexibility index (Phi) is 4.43. The second-order valence-electron chi connectivity index (χ2n) is 4.87. The molecule has 0 amide bonds. The Bertz CT molecular complexity index is 356. The smallest absolute Gasteiger partial charge is 0.119 e. The third-order valence-electron chi connectivity index (χ3n) is 3.46. The van der Waals surface area contributed by atoms with E-state index in [4.69, 9.17) is 4.74 Å². The van der Waals surface area contributed by atoms with E-state index in [1.165, 1.54) is 31.4 Å². The molecule has 0 saturated carbocycles. The van der Waals surface area contributed by atoms with Gasteiger partial charge >= 0.3 is 0 Å². The number of rotatable bonds is 4. The van der Waals surface area contributed by atoms with Gasteiger partial charge < -0.3 is 10.1 Å². The molecule has 1 N–H and O–H groups in total. The maximum atomic E-state index is 5.78. The number of hydrogen-bond acceptors (Lipinski definition) is 2. The topological polar surface area (TPSA) is 21.3 Å². The first-order valence-corrected chi connectivity index (χ1v) is 6.54. The Morgan fingerprint density at radius 2 is 2.29 bits per heavy atom. The van der Waals surface area contributed by atoms with Crippen LogP contribution in [-0.2, 0) is 0 Å². The summed E-state index contributed by atoms with van der Waals surface area (Å²) >= 11 is 0. The molecule has 93 valence electrons. The van der Waals surface area contributed by atoms with E-state index in [1.807, 2.05) is 12.1 Å². The molecule has 0 spiro atoms. The van der Waals surface area contributed by atoms with E-state index in [2.05, 4.69) is 25.2 Å². The van der Waals surface area contributed by atoms with Crippen molar-refractivity contribution in [2.24, 2.45) is 0 Å². The van der Waals surface area contributed by atoms with Crippen molar-refractivity contribution in [1.29, 1.82) is 0 Å². The second kappa shape index (κ2) is 6.06. The van der Waals surface area contributed by atoms with Gasteiger partial charge in [-0.15, -0.1) is 0 Å². The van der Waals surface area contributed by atoms with Crippen LogP contribution in [0, 0.1) is 13.8 Å². The average molecular weight is 232 g/mol. The van der Waals surface area contributed by atoms with Crippen LogP contribution in [0.5, 0.6) is 5.75 Å². The molecule has 2 heteroatoms. The van der Waals surface area contributed by atoms with Crippen LogP contribution in [0.15, 0.2) is 18.2 Å². The molecule has 1 aliphatic heterocycles. The largest absolute Gasteiger partial charge is 0.494 e. The Balaban J connectivity index is 1.75. The summed E-state index contributed by atoms with van der Waals surface area (Å²) < 4.78 is 5.78. The molecule has 1 aromatic rings. The first-order valence-electron chi connectivity index (χ1n) is 6.54. The SMILES string of the molecule is [CH2]c1ccc(OCCC2CCCCN2)cc1C. The predicted octanol–water partition coefficient (Wildman–Crippen LogP) is 3.09. The summed E-state index contributed by atoms with van der Waals surface area (Å²) in [5, 5.41) is 3.54. The van der Waals surface area contributed by atoms with Gasteiger partial charge in [0.2, 0.25) is 0 Å². The summed E-state index contributed by atoms with van der Waals surface area (Å²) in [5.74, 6) is 0.964. The molecule has 17 heavy (non-hydrogen) atoms. The fourth-order valence-electron chi connectivity index (χ4n) is 2.25. The molecule has 1 aliphatic rings. The van der Waals surface area contributed by atoms with Crippen molar-refractivity contribution in [3.8, 4) is 5.75 Å². The van der Waals surface area contributed by atoms with Crippen molar-refractivity contribution in [3.63, 3.8) is 0 Å². The van der Waals surface area contributed by atoms with E-state index in [9.17, 15) is 0 Å². The number of benzene rings is 1. The number of hydrogen-bond donors (Lipinski definition) is 1. The van der Waals surface area contributed by atoms with Crippen LogP contribution in [0.3, 0.4) is 0 Å². The Morgan fingerprint density at radius 1 is 1.41 bits per heavy atom. The Hall–Kier alpha value is -1.02. The highest BCUT2D eigenvalue weighted by Crippen LogP contribution is 2.17. The van der Waals surface area contributed by atoms with Crippen LogP contribution < -0.4 is 10.1 Å². The maximum absolute atomic E-state index is 5.78. The summed E-state index contributed by atoms with van der Waals surface area (Å²) in [6.07, 6.45) is 5.07. The van der Waals surface area contributed by atoms with Gasteiger partial charge in [-0.3, -0.25) is 0 Å². The van der Waals surface area contributed by atoms with Crippen LogP contribution in [0.2, 0.25) is 0 Å². The minimum absolute atomic E-state index is 0.650. The van der Waals surface area contributed by atoms with E-state index in [1.54, 1.807) is 0 Å². The highest BCUT2D eigenvalue weighted by molar-refractivity contribution is 5.36. The summed E-state index contributed by atoms with van der Waals surface area (Å²) in [7, 11) is 0. The van der Waals surface area contributed by atoms with Crippen LogP contribution in [0.1, 0.15) is 36.8 Å². The fraction of sp³-hybridized carbons (Fsp3) is 0.533. The standard InChI is InChI=1S/C15H22NO/c1-12-6-7-15(11-13(12)2)17-10-8-14-5-3-4-9-16-14/h6-7,11,14,16H,1,3-5,8-10H2,2H3. The third kappa shape index (κ3) is 3.74. The first-order chi connectivity index (χ1) is 8.25.